The molecule has 0 heterocycles. The van der Waals surface area contributed by atoms with Gasteiger partial charge in [0.15, 0.2) is 0 Å². The number of amides is 1. The lowest BCUT2D eigenvalue weighted by Gasteiger charge is -2.12. The summed E-state index contributed by atoms with van der Waals surface area (Å²) in [6, 6.07) is 26.1. The standard InChI is InChI=1S/C25H17Cl2N3OS/c26-18-11-19(27)13-20(12-18)32-30-24-9-3-6-21-22(24)7-2-8-23(21)25(31)29-15-17-5-1-4-16(10-17)14-28/h1-13,30H,15H2,(H,29,31). The average Bonchev–Trinajstić information content (AvgIpc) is 2.80. The van der Waals surface area contributed by atoms with Gasteiger partial charge < -0.3 is 10.0 Å². The molecule has 0 aliphatic rings. The predicted octanol–water partition coefficient (Wildman–Crippen LogP) is 7.07. The summed E-state index contributed by atoms with van der Waals surface area (Å²) in [7, 11) is 0. The van der Waals surface area contributed by atoms with Crippen molar-refractivity contribution >= 4 is 57.5 Å². The number of fused-ring (bicyclic) bond motifs is 1. The topological polar surface area (TPSA) is 64.9 Å². The maximum absolute atomic E-state index is 12.9. The van der Waals surface area contributed by atoms with Gasteiger partial charge in [0, 0.05) is 32.4 Å². The summed E-state index contributed by atoms with van der Waals surface area (Å²) in [5.74, 6) is -0.176. The second-order valence-corrected chi connectivity index (χ2v) is 8.76. The first-order chi connectivity index (χ1) is 15.5. The number of nitrogens with one attached hydrogen (secondary N) is 2. The third kappa shape index (κ3) is 5.17. The lowest BCUT2D eigenvalue weighted by atomic mass is 10.0. The molecule has 0 fully saturated rings. The van der Waals surface area contributed by atoms with Crippen molar-refractivity contribution in [1.29, 1.82) is 5.26 Å². The lowest BCUT2D eigenvalue weighted by molar-refractivity contribution is 0.0952. The first-order valence-electron chi connectivity index (χ1n) is 9.71. The molecule has 158 valence electrons. The van der Waals surface area contributed by atoms with E-state index in [-0.39, 0.29) is 5.91 Å². The van der Waals surface area contributed by atoms with E-state index in [2.05, 4.69) is 16.1 Å². The van der Waals surface area contributed by atoms with E-state index >= 15 is 0 Å². The third-order valence-electron chi connectivity index (χ3n) is 4.79. The van der Waals surface area contributed by atoms with Gasteiger partial charge in [-0.2, -0.15) is 5.26 Å². The van der Waals surface area contributed by atoms with Crippen LogP contribution in [0.15, 0.2) is 83.8 Å². The minimum absolute atomic E-state index is 0.176. The molecule has 32 heavy (non-hydrogen) atoms. The second-order valence-electron chi connectivity index (χ2n) is 7.01. The minimum atomic E-state index is -0.176. The van der Waals surface area contributed by atoms with Gasteiger partial charge in [0.25, 0.3) is 5.91 Å². The Kier molecular flexibility index (Phi) is 6.87. The Morgan fingerprint density at radius 1 is 0.906 bits per heavy atom. The van der Waals surface area contributed by atoms with E-state index < -0.39 is 0 Å². The van der Waals surface area contributed by atoms with E-state index in [9.17, 15) is 4.79 Å². The maximum Gasteiger partial charge on any atom is 0.252 e. The van der Waals surface area contributed by atoms with E-state index in [0.29, 0.717) is 27.7 Å². The van der Waals surface area contributed by atoms with Crippen molar-refractivity contribution in [3.8, 4) is 6.07 Å². The number of hydrogen-bond donors (Lipinski definition) is 2. The number of nitriles is 1. The zero-order valence-electron chi connectivity index (χ0n) is 16.7. The molecule has 0 aliphatic carbocycles. The summed E-state index contributed by atoms with van der Waals surface area (Å²) >= 11 is 13.6. The first kappa shape index (κ1) is 22.0. The largest absolute Gasteiger partial charge is 0.348 e. The normalized spacial score (nSPS) is 10.5. The first-order valence-corrected chi connectivity index (χ1v) is 11.3. The van der Waals surface area contributed by atoms with Crippen molar-refractivity contribution in [3.05, 3.63) is 106 Å². The molecule has 0 unspecified atom stereocenters. The molecule has 0 saturated carbocycles. The predicted molar refractivity (Wildman–Crippen MR) is 132 cm³/mol. The Morgan fingerprint density at radius 3 is 2.41 bits per heavy atom. The van der Waals surface area contributed by atoms with Crippen molar-refractivity contribution in [2.75, 3.05) is 4.72 Å². The van der Waals surface area contributed by atoms with E-state index in [4.69, 9.17) is 28.5 Å². The van der Waals surface area contributed by atoms with Crippen LogP contribution in [0.5, 0.6) is 0 Å². The number of rotatable bonds is 6. The van der Waals surface area contributed by atoms with Gasteiger partial charge in [-0.25, -0.2) is 0 Å². The maximum atomic E-state index is 12.9. The Labute approximate surface area is 200 Å². The fourth-order valence-electron chi connectivity index (χ4n) is 3.33. The molecule has 0 atom stereocenters. The minimum Gasteiger partial charge on any atom is -0.348 e. The van der Waals surface area contributed by atoms with Crippen molar-refractivity contribution in [3.63, 3.8) is 0 Å². The van der Waals surface area contributed by atoms with Gasteiger partial charge in [-0.05, 0) is 65.4 Å². The molecular weight excluding hydrogens is 461 g/mol. The second kappa shape index (κ2) is 9.97. The highest BCUT2D eigenvalue weighted by atomic mass is 35.5. The molecule has 0 radical (unpaired) electrons. The summed E-state index contributed by atoms with van der Waals surface area (Å²) in [5, 5.41) is 14.9. The van der Waals surface area contributed by atoms with Crippen molar-refractivity contribution in [2.24, 2.45) is 0 Å². The fraction of sp³-hybridized carbons (Fsp3) is 0.0400. The highest BCUT2D eigenvalue weighted by molar-refractivity contribution is 8.00. The Balaban J connectivity index is 1.54. The van der Waals surface area contributed by atoms with E-state index in [1.165, 1.54) is 11.9 Å². The molecule has 0 aliphatic heterocycles. The number of anilines is 1. The van der Waals surface area contributed by atoms with Gasteiger partial charge in [0.2, 0.25) is 0 Å². The van der Waals surface area contributed by atoms with Gasteiger partial charge in [-0.15, -0.1) is 0 Å². The quantitative estimate of drug-likeness (QED) is 0.291. The summed E-state index contributed by atoms with van der Waals surface area (Å²) < 4.78 is 3.33. The number of nitrogens with zero attached hydrogens (tertiary/aromatic N) is 1. The lowest BCUT2D eigenvalue weighted by Crippen LogP contribution is -2.23. The van der Waals surface area contributed by atoms with Crippen LogP contribution in [0.25, 0.3) is 10.8 Å². The molecule has 4 nitrogen and oxygen atoms in total. The number of benzene rings is 4. The molecule has 2 N–H and O–H groups in total. The van der Waals surface area contributed by atoms with Gasteiger partial charge in [-0.3, -0.25) is 4.79 Å². The van der Waals surface area contributed by atoms with Gasteiger partial charge >= 0.3 is 0 Å². The van der Waals surface area contributed by atoms with Crippen LogP contribution >= 0.6 is 35.1 Å². The molecule has 4 aromatic rings. The van der Waals surface area contributed by atoms with Crippen molar-refractivity contribution in [2.45, 2.75) is 11.4 Å². The fourth-order valence-corrected chi connectivity index (χ4v) is 4.76. The number of hydrogen-bond acceptors (Lipinski definition) is 4. The number of carbonyl (C=O) groups excluding carboxylic acids is 1. The summed E-state index contributed by atoms with van der Waals surface area (Å²) in [6.07, 6.45) is 0. The molecule has 4 aromatic carbocycles. The van der Waals surface area contributed by atoms with Gasteiger partial charge in [-0.1, -0.05) is 59.6 Å². The Hall–Kier alpha value is -3.17. The van der Waals surface area contributed by atoms with Crippen molar-refractivity contribution < 1.29 is 4.79 Å². The Bertz CT molecular complexity index is 1330. The van der Waals surface area contributed by atoms with Crippen LogP contribution in [0.3, 0.4) is 0 Å². The van der Waals surface area contributed by atoms with E-state index in [1.807, 2.05) is 48.5 Å². The molecule has 1 amide bonds. The number of halogens is 2. The van der Waals surface area contributed by atoms with Crippen LogP contribution in [-0.4, -0.2) is 5.91 Å². The number of carbonyl (C=O) groups is 1. The average molecular weight is 478 g/mol. The molecule has 0 bridgehead atoms. The van der Waals surface area contributed by atoms with Crippen LogP contribution in [0.1, 0.15) is 21.5 Å². The van der Waals surface area contributed by atoms with Crippen LogP contribution < -0.4 is 10.0 Å². The van der Waals surface area contributed by atoms with Crippen LogP contribution in [0, 0.1) is 11.3 Å². The third-order valence-corrected chi connectivity index (χ3v) is 6.02. The molecular formula is C25H17Cl2N3OS. The SMILES string of the molecule is N#Cc1cccc(CNC(=O)c2cccc3c(NSc4cc(Cl)cc(Cl)c4)cccc23)c1. The van der Waals surface area contributed by atoms with Crippen molar-refractivity contribution in [1.82, 2.24) is 5.32 Å². The molecule has 4 rings (SSSR count). The van der Waals surface area contributed by atoms with Crippen LogP contribution in [0.4, 0.5) is 5.69 Å². The Morgan fingerprint density at radius 2 is 1.62 bits per heavy atom. The smallest absolute Gasteiger partial charge is 0.252 e. The zero-order valence-corrected chi connectivity index (χ0v) is 19.1. The molecule has 0 saturated heterocycles. The summed E-state index contributed by atoms with van der Waals surface area (Å²) in [4.78, 5) is 13.8. The highest BCUT2D eigenvalue weighted by Gasteiger charge is 2.12. The highest BCUT2D eigenvalue weighted by Crippen LogP contribution is 2.32. The van der Waals surface area contributed by atoms with Gasteiger partial charge in [0.05, 0.1) is 17.3 Å². The molecule has 0 spiro atoms. The summed E-state index contributed by atoms with van der Waals surface area (Å²) in [6.45, 7) is 0.341. The van der Waals surface area contributed by atoms with Crippen LogP contribution in [0.2, 0.25) is 10.0 Å². The summed E-state index contributed by atoms with van der Waals surface area (Å²) in [5.41, 5.74) is 2.89. The van der Waals surface area contributed by atoms with E-state index in [1.54, 1.807) is 30.3 Å². The molecule has 0 aromatic heterocycles. The van der Waals surface area contributed by atoms with Gasteiger partial charge in [0.1, 0.15) is 0 Å². The molecule has 7 heteroatoms. The monoisotopic (exact) mass is 477 g/mol. The zero-order chi connectivity index (χ0) is 22.5. The van der Waals surface area contributed by atoms with Crippen LogP contribution in [-0.2, 0) is 6.54 Å². The van der Waals surface area contributed by atoms with E-state index in [0.717, 1.165) is 26.9 Å².